The number of hydrogen-bond donors (Lipinski definition) is 0. The van der Waals surface area contributed by atoms with Crippen LogP contribution in [0.15, 0.2) is 188 Å². The van der Waals surface area contributed by atoms with Gasteiger partial charge >= 0.3 is 0 Å². The predicted octanol–water partition coefficient (Wildman–Crippen LogP) is 14.8. The van der Waals surface area contributed by atoms with Crippen LogP contribution in [-0.2, 0) is 5.41 Å². The predicted molar refractivity (Wildman–Crippen MR) is 228 cm³/mol. The summed E-state index contributed by atoms with van der Waals surface area (Å²) in [5, 5.41) is 2.59. The van der Waals surface area contributed by atoms with E-state index in [4.69, 9.17) is 0 Å². The van der Waals surface area contributed by atoms with Gasteiger partial charge in [-0.15, -0.1) is 11.3 Å². The lowest BCUT2D eigenvalue weighted by molar-refractivity contribution is 0.660. The first kappa shape index (κ1) is 31.5. The van der Waals surface area contributed by atoms with Gasteiger partial charge in [-0.2, -0.15) is 0 Å². The van der Waals surface area contributed by atoms with E-state index in [0.29, 0.717) is 0 Å². The van der Waals surface area contributed by atoms with Crippen molar-refractivity contribution in [3.05, 3.63) is 199 Å². The largest absolute Gasteiger partial charge is 0.308 e. The number of benzene rings is 8. The summed E-state index contributed by atoms with van der Waals surface area (Å²) in [4.78, 5) is 2.49. The monoisotopic (exact) mass is 695 g/mol. The van der Waals surface area contributed by atoms with Crippen molar-refractivity contribution < 1.29 is 0 Å². The minimum atomic E-state index is -0.0750. The zero-order valence-corrected chi connectivity index (χ0v) is 30.6. The van der Waals surface area contributed by atoms with Crippen LogP contribution in [-0.4, -0.2) is 0 Å². The van der Waals surface area contributed by atoms with Gasteiger partial charge < -0.3 is 4.90 Å². The molecule has 252 valence electrons. The number of nitrogens with zero attached hydrogens (tertiary/aromatic N) is 1. The molecule has 0 radical (unpaired) electrons. The summed E-state index contributed by atoms with van der Waals surface area (Å²) in [5.74, 6) is 0. The molecule has 1 aromatic heterocycles. The van der Waals surface area contributed by atoms with Crippen LogP contribution in [0, 0.1) is 0 Å². The number of rotatable bonds is 6. The molecular weight excluding hydrogens is 659 g/mol. The minimum absolute atomic E-state index is 0.0750. The smallest absolute Gasteiger partial charge is 0.0640 e. The molecule has 0 aliphatic heterocycles. The van der Waals surface area contributed by atoms with Gasteiger partial charge in [0.1, 0.15) is 0 Å². The van der Waals surface area contributed by atoms with Gasteiger partial charge in [0.05, 0.1) is 16.1 Å². The van der Waals surface area contributed by atoms with Gasteiger partial charge in [-0.25, -0.2) is 0 Å². The molecule has 1 aliphatic carbocycles. The first-order chi connectivity index (χ1) is 26.1. The third-order valence-corrected chi connectivity index (χ3v) is 12.3. The van der Waals surface area contributed by atoms with Crippen LogP contribution in [0.5, 0.6) is 0 Å². The van der Waals surface area contributed by atoms with Crippen molar-refractivity contribution in [3.8, 4) is 44.5 Å². The number of anilines is 3. The quantitative estimate of drug-likeness (QED) is 0.167. The zero-order chi connectivity index (χ0) is 35.5. The van der Waals surface area contributed by atoms with Gasteiger partial charge in [0, 0.05) is 32.1 Å². The molecule has 1 aliphatic rings. The summed E-state index contributed by atoms with van der Waals surface area (Å²) in [6.45, 7) is 4.72. The van der Waals surface area contributed by atoms with Crippen molar-refractivity contribution in [2.75, 3.05) is 4.90 Å². The van der Waals surface area contributed by atoms with Gasteiger partial charge in [0.25, 0.3) is 0 Å². The summed E-state index contributed by atoms with van der Waals surface area (Å²) in [5.41, 5.74) is 16.2. The van der Waals surface area contributed by atoms with Gasteiger partial charge in [0.2, 0.25) is 0 Å². The van der Waals surface area contributed by atoms with Crippen molar-refractivity contribution in [2.24, 2.45) is 0 Å². The van der Waals surface area contributed by atoms with Crippen LogP contribution in [0.4, 0.5) is 17.1 Å². The first-order valence-electron chi connectivity index (χ1n) is 18.4. The van der Waals surface area contributed by atoms with Crippen LogP contribution in [0.25, 0.3) is 64.7 Å². The lowest BCUT2D eigenvalue weighted by Gasteiger charge is -2.29. The van der Waals surface area contributed by atoms with Gasteiger partial charge in [-0.3, -0.25) is 0 Å². The molecule has 9 aromatic rings. The van der Waals surface area contributed by atoms with E-state index in [1.807, 2.05) is 11.3 Å². The highest BCUT2D eigenvalue weighted by molar-refractivity contribution is 7.26. The Balaban J connectivity index is 1.16. The van der Waals surface area contributed by atoms with Crippen LogP contribution in [0.3, 0.4) is 0 Å². The lowest BCUT2D eigenvalue weighted by atomic mass is 9.82. The van der Waals surface area contributed by atoms with Crippen LogP contribution >= 0.6 is 11.3 Å². The molecule has 0 atom stereocenters. The molecule has 0 N–H and O–H groups in total. The maximum Gasteiger partial charge on any atom is 0.0640 e. The molecule has 0 unspecified atom stereocenters. The Kier molecular flexibility index (Phi) is 7.42. The summed E-state index contributed by atoms with van der Waals surface area (Å²) in [6, 6.07) is 69.0. The molecule has 53 heavy (non-hydrogen) atoms. The molecule has 10 rings (SSSR count). The first-order valence-corrected chi connectivity index (χ1v) is 19.2. The maximum absolute atomic E-state index is 2.49. The zero-order valence-electron chi connectivity index (χ0n) is 29.8. The Morgan fingerprint density at radius 3 is 1.70 bits per heavy atom. The van der Waals surface area contributed by atoms with E-state index in [-0.39, 0.29) is 5.41 Å². The summed E-state index contributed by atoms with van der Waals surface area (Å²) in [6.07, 6.45) is 0. The summed E-state index contributed by atoms with van der Waals surface area (Å²) in [7, 11) is 0. The van der Waals surface area contributed by atoms with Crippen LogP contribution < -0.4 is 4.90 Å². The fraction of sp³-hybridized carbons (Fsp3) is 0.0588. The van der Waals surface area contributed by atoms with Crippen LogP contribution in [0.1, 0.15) is 25.0 Å². The normalized spacial score (nSPS) is 12.9. The lowest BCUT2D eigenvalue weighted by Crippen LogP contribution is -2.14. The molecule has 0 spiro atoms. The number of thiophene rings is 1. The van der Waals surface area contributed by atoms with Crippen molar-refractivity contribution in [3.63, 3.8) is 0 Å². The van der Waals surface area contributed by atoms with Crippen LogP contribution in [0.2, 0.25) is 0 Å². The molecule has 1 heterocycles. The highest BCUT2D eigenvalue weighted by Gasteiger charge is 2.37. The molecule has 0 amide bonds. The standard InChI is InChI=1S/C51H37NS/c1-51(2)44-21-9-6-18-43(44)49-41(19-12-22-45(49)51)39-16-7-10-23-46(39)52(47-24-13-20-42-40-17-8-11-25-48(40)53-50(42)47)38-32-30-37(31-33-38)36-28-26-35(27-29-36)34-14-4-3-5-15-34/h3-33H,1-2H3. The molecule has 2 heteroatoms. The highest BCUT2D eigenvalue weighted by atomic mass is 32.1. The van der Waals surface area contributed by atoms with Gasteiger partial charge in [-0.05, 0) is 80.4 Å². The van der Waals surface area contributed by atoms with Gasteiger partial charge in [0.15, 0.2) is 0 Å². The second-order valence-electron chi connectivity index (χ2n) is 14.5. The molecule has 0 fully saturated rings. The Bertz CT molecular complexity index is 2790. The maximum atomic E-state index is 2.49. The Morgan fingerprint density at radius 1 is 0.396 bits per heavy atom. The fourth-order valence-electron chi connectivity index (χ4n) is 8.48. The number of hydrogen-bond acceptors (Lipinski definition) is 2. The summed E-state index contributed by atoms with van der Waals surface area (Å²) < 4.78 is 2.59. The second-order valence-corrected chi connectivity index (χ2v) is 15.5. The fourth-order valence-corrected chi connectivity index (χ4v) is 9.69. The molecule has 8 aromatic carbocycles. The second kappa shape index (κ2) is 12.5. The topological polar surface area (TPSA) is 3.24 Å². The van der Waals surface area contributed by atoms with E-state index in [1.54, 1.807) is 0 Å². The third-order valence-electron chi connectivity index (χ3n) is 11.1. The number of para-hydroxylation sites is 1. The van der Waals surface area contributed by atoms with E-state index in [2.05, 4.69) is 207 Å². The van der Waals surface area contributed by atoms with E-state index >= 15 is 0 Å². The molecular formula is C51H37NS. The minimum Gasteiger partial charge on any atom is -0.308 e. The van der Waals surface area contributed by atoms with E-state index in [0.717, 1.165) is 11.4 Å². The Morgan fingerprint density at radius 2 is 0.925 bits per heavy atom. The van der Waals surface area contributed by atoms with E-state index in [9.17, 15) is 0 Å². The van der Waals surface area contributed by atoms with Crippen molar-refractivity contribution >= 4 is 48.6 Å². The van der Waals surface area contributed by atoms with E-state index < -0.39 is 0 Å². The average molecular weight is 696 g/mol. The van der Waals surface area contributed by atoms with Crippen molar-refractivity contribution in [2.45, 2.75) is 19.3 Å². The molecule has 0 bridgehead atoms. The third kappa shape index (κ3) is 5.13. The molecule has 0 saturated heterocycles. The van der Waals surface area contributed by atoms with Gasteiger partial charge in [-0.1, -0.05) is 172 Å². The van der Waals surface area contributed by atoms with Crippen molar-refractivity contribution in [1.82, 2.24) is 0 Å². The molecule has 0 saturated carbocycles. The number of fused-ring (bicyclic) bond motifs is 6. The highest BCUT2D eigenvalue weighted by Crippen LogP contribution is 2.54. The average Bonchev–Trinajstić information content (AvgIpc) is 3.72. The Hall–Kier alpha value is -6.22. The SMILES string of the molecule is CC1(C)c2ccccc2-c2c(-c3ccccc3N(c3ccc(-c4ccc(-c5ccccc5)cc4)cc3)c3cccc4c3sc3ccccc34)cccc21. The molecule has 1 nitrogen and oxygen atoms in total. The van der Waals surface area contributed by atoms with E-state index in [1.165, 1.54) is 81.5 Å². The summed E-state index contributed by atoms with van der Waals surface area (Å²) >= 11 is 1.88. The van der Waals surface area contributed by atoms with Crippen molar-refractivity contribution in [1.29, 1.82) is 0 Å². The Labute approximate surface area is 315 Å².